The summed E-state index contributed by atoms with van der Waals surface area (Å²) in [6.07, 6.45) is 1.05. The van der Waals surface area contributed by atoms with E-state index in [1.807, 2.05) is 0 Å². The molecular weight excluding hydrogens is 287 g/mol. The third-order valence-electron chi connectivity index (χ3n) is 4.50. The van der Waals surface area contributed by atoms with E-state index in [2.05, 4.69) is 44.5 Å². The first-order valence-electron chi connectivity index (χ1n) is 7.71. The molecule has 0 aromatic rings. The third-order valence-corrected chi connectivity index (χ3v) is 9.03. The molecule has 0 unspecified atom stereocenters. The number of carbonyl (C=O) groups is 1. The maximum Gasteiger partial charge on any atom is 0.257 e. The van der Waals surface area contributed by atoms with Crippen molar-refractivity contribution in [1.29, 1.82) is 0 Å². The lowest BCUT2D eigenvalue weighted by Gasteiger charge is -2.38. The summed E-state index contributed by atoms with van der Waals surface area (Å²) in [7, 11) is -1.76. The fraction of sp³-hybridized carbons (Fsp3) is 0.933. The van der Waals surface area contributed by atoms with E-state index in [0.717, 1.165) is 13.0 Å². The van der Waals surface area contributed by atoms with Crippen molar-refractivity contribution in [3.8, 4) is 0 Å². The van der Waals surface area contributed by atoms with Crippen LogP contribution < -0.4 is 10.6 Å². The minimum Gasteiger partial charge on any atom is -0.413 e. The highest BCUT2D eigenvalue weighted by atomic mass is 28.4. The molecule has 1 aliphatic heterocycles. The maximum atomic E-state index is 13.4. The van der Waals surface area contributed by atoms with Gasteiger partial charge in [0.1, 0.15) is 0 Å². The van der Waals surface area contributed by atoms with E-state index in [9.17, 15) is 9.18 Å². The van der Waals surface area contributed by atoms with Gasteiger partial charge in [-0.25, -0.2) is 4.39 Å². The van der Waals surface area contributed by atoms with Gasteiger partial charge in [-0.15, -0.1) is 0 Å². The Morgan fingerprint density at radius 2 is 1.90 bits per heavy atom. The smallest absolute Gasteiger partial charge is 0.257 e. The van der Waals surface area contributed by atoms with Crippen molar-refractivity contribution in [3.05, 3.63) is 0 Å². The zero-order chi connectivity index (χ0) is 16.5. The normalized spacial score (nSPS) is 24.2. The number of amides is 1. The number of hydrogen-bond acceptors (Lipinski definition) is 3. The van der Waals surface area contributed by atoms with Crippen LogP contribution in [0.2, 0.25) is 18.1 Å². The van der Waals surface area contributed by atoms with Crippen molar-refractivity contribution in [2.45, 2.75) is 77.0 Å². The Bertz CT molecular complexity index is 375. The Hall–Kier alpha value is -0.463. The standard InChI is InChI=1S/C15H31FN2O2Si/c1-14(2,3)21(6,7)20-12-8-11(17-10-12)9-18-13(19)15(4,5)16/h11-12,17H,8-10H2,1-7H3,(H,18,19)/t11-,12-/m0/s1. The zero-order valence-corrected chi connectivity index (χ0v) is 15.5. The molecule has 21 heavy (non-hydrogen) atoms. The van der Waals surface area contributed by atoms with Gasteiger partial charge in [-0.3, -0.25) is 4.79 Å². The summed E-state index contributed by atoms with van der Waals surface area (Å²) < 4.78 is 19.8. The first-order chi connectivity index (χ1) is 9.33. The van der Waals surface area contributed by atoms with E-state index in [0.29, 0.717) is 6.54 Å². The molecule has 1 aliphatic rings. The SMILES string of the molecule is CC(C)(F)C(=O)NC[C@@H]1C[C@H](O[Si](C)(C)C(C)(C)C)CN1. The summed E-state index contributed by atoms with van der Waals surface area (Å²) in [6.45, 7) is 15.0. The molecule has 0 bridgehead atoms. The minimum absolute atomic E-state index is 0.158. The van der Waals surface area contributed by atoms with Crippen LogP contribution >= 0.6 is 0 Å². The molecule has 1 amide bonds. The highest BCUT2D eigenvalue weighted by Gasteiger charge is 2.40. The van der Waals surface area contributed by atoms with Gasteiger partial charge in [0, 0.05) is 19.1 Å². The average Bonchev–Trinajstić information content (AvgIpc) is 2.69. The topological polar surface area (TPSA) is 50.4 Å². The summed E-state index contributed by atoms with van der Waals surface area (Å²) in [4.78, 5) is 11.5. The van der Waals surface area contributed by atoms with E-state index in [1.54, 1.807) is 0 Å². The molecule has 0 aliphatic carbocycles. The van der Waals surface area contributed by atoms with Crippen LogP contribution in [0.1, 0.15) is 41.0 Å². The fourth-order valence-corrected chi connectivity index (χ4v) is 3.41. The quantitative estimate of drug-likeness (QED) is 0.766. The molecule has 0 radical (unpaired) electrons. The van der Waals surface area contributed by atoms with E-state index < -0.39 is 19.9 Å². The Kier molecular flexibility index (Phi) is 5.61. The average molecular weight is 319 g/mol. The van der Waals surface area contributed by atoms with E-state index in [1.165, 1.54) is 13.8 Å². The Labute approximate surface area is 129 Å². The van der Waals surface area contributed by atoms with Crippen molar-refractivity contribution < 1.29 is 13.6 Å². The molecular formula is C15H31FN2O2Si. The lowest BCUT2D eigenvalue weighted by Crippen LogP contribution is -2.44. The number of halogens is 1. The molecule has 0 aromatic carbocycles. The molecule has 0 spiro atoms. The van der Waals surface area contributed by atoms with Gasteiger partial charge >= 0.3 is 0 Å². The van der Waals surface area contributed by atoms with Gasteiger partial charge in [-0.2, -0.15) is 0 Å². The van der Waals surface area contributed by atoms with Crippen LogP contribution in [0.3, 0.4) is 0 Å². The lowest BCUT2D eigenvalue weighted by atomic mass is 10.1. The number of hydrogen-bond donors (Lipinski definition) is 2. The predicted octanol–water partition coefficient (Wildman–Crippen LogP) is 2.60. The van der Waals surface area contributed by atoms with Gasteiger partial charge in [0.2, 0.25) is 0 Å². The maximum absolute atomic E-state index is 13.4. The molecule has 6 heteroatoms. The second kappa shape index (κ2) is 6.34. The monoisotopic (exact) mass is 318 g/mol. The van der Waals surface area contributed by atoms with Crippen molar-refractivity contribution in [3.63, 3.8) is 0 Å². The lowest BCUT2D eigenvalue weighted by molar-refractivity contribution is -0.130. The van der Waals surface area contributed by atoms with Gasteiger partial charge in [0.15, 0.2) is 14.0 Å². The zero-order valence-electron chi connectivity index (χ0n) is 14.5. The molecule has 4 nitrogen and oxygen atoms in total. The summed E-state index contributed by atoms with van der Waals surface area (Å²) in [5.41, 5.74) is -1.82. The Morgan fingerprint density at radius 1 is 1.33 bits per heavy atom. The summed E-state index contributed by atoms with van der Waals surface area (Å²) >= 11 is 0. The second-order valence-corrected chi connectivity index (χ2v) is 12.8. The van der Waals surface area contributed by atoms with Gasteiger partial charge in [0.05, 0.1) is 6.10 Å². The number of alkyl halides is 1. The van der Waals surface area contributed by atoms with Crippen LogP contribution in [0.5, 0.6) is 0 Å². The van der Waals surface area contributed by atoms with Crippen molar-refractivity contribution >= 4 is 14.2 Å². The van der Waals surface area contributed by atoms with Crippen molar-refractivity contribution in [2.75, 3.05) is 13.1 Å². The van der Waals surface area contributed by atoms with Crippen LogP contribution in [0.25, 0.3) is 0 Å². The van der Waals surface area contributed by atoms with Gasteiger partial charge in [-0.05, 0) is 38.4 Å². The molecule has 1 saturated heterocycles. The summed E-state index contributed by atoms with van der Waals surface area (Å²) in [5.74, 6) is -0.557. The van der Waals surface area contributed by atoms with Gasteiger partial charge < -0.3 is 15.1 Å². The van der Waals surface area contributed by atoms with E-state index in [4.69, 9.17) is 4.43 Å². The van der Waals surface area contributed by atoms with Gasteiger partial charge in [0.25, 0.3) is 5.91 Å². The highest BCUT2D eigenvalue weighted by Crippen LogP contribution is 2.38. The molecule has 0 aromatic heterocycles. The minimum atomic E-state index is -1.82. The highest BCUT2D eigenvalue weighted by molar-refractivity contribution is 6.74. The van der Waals surface area contributed by atoms with Crippen LogP contribution in [-0.4, -0.2) is 45.1 Å². The largest absolute Gasteiger partial charge is 0.413 e. The van der Waals surface area contributed by atoms with Crippen LogP contribution in [-0.2, 0) is 9.22 Å². The predicted molar refractivity (Wildman–Crippen MR) is 86.7 cm³/mol. The molecule has 2 atom stereocenters. The summed E-state index contributed by atoms with van der Waals surface area (Å²) in [5, 5.41) is 6.20. The van der Waals surface area contributed by atoms with E-state index in [-0.39, 0.29) is 17.2 Å². The Balaban J connectivity index is 2.42. The molecule has 1 rings (SSSR count). The molecule has 2 N–H and O–H groups in total. The third kappa shape index (κ3) is 5.34. The number of nitrogens with one attached hydrogen (secondary N) is 2. The van der Waals surface area contributed by atoms with Crippen molar-refractivity contribution in [1.82, 2.24) is 10.6 Å². The number of rotatable bonds is 5. The van der Waals surface area contributed by atoms with Crippen LogP contribution in [0, 0.1) is 0 Å². The molecule has 1 fully saturated rings. The second-order valence-electron chi connectivity index (χ2n) is 8.02. The molecule has 1 heterocycles. The van der Waals surface area contributed by atoms with Crippen LogP contribution in [0.4, 0.5) is 4.39 Å². The van der Waals surface area contributed by atoms with Crippen LogP contribution in [0.15, 0.2) is 0 Å². The fourth-order valence-electron chi connectivity index (χ4n) is 2.05. The van der Waals surface area contributed by atoms with E-state index >= 15 is 0 Å². The number of carbonyl (C=O) groups excluding carboxylic acids is 1. The van der Waals surface area contributed by atoms with Crippen molar-refractivity contribution in [2.24, 2.45) is 0 Å². The summed E-state index contributed by atoms with van der Waals surface area (Å²) in [6, 6.07) is 0.158. The molecule has 0 saturated carbocycles. The first-order valence-corrected chi connectivity index (χ1v) is 10.6. The molecule has 124 valence electrons. The van der Waals surface area contributed by atoms with Gasteiger partial charge in [-0.1, -0.05) is 20.8 Å². The first kappa shape index (κ1) is 18.6. The Morgan fingerprint density at radius 3 is 2.38 bits per heavy atom.